The smallest absolute Gasteiger partial charge is 0.341 e. The molecule has 150 valence electrons. The van der Waals surface area contributed by atoms with Gasteiger partial charge in [0, 0.05) is 11.3 Å². The van der Waals surface area contributed by atoms with Crippen molar-refractivity contribution >= 4 is 28.2 Å². The van der Waals surface area contributed by atoms with E-state index in [0.29, 0.717) is 30.0 Å². The summed E-state index contributed by atoms with van der Waals surface area (Å²) in [5.41, 5.74) is 4.19. The molecule has 1 aliphatic rings. The molecule has 1 aromatic heterocycles. The highest BCUT2D eigenvalue weighted by Crippen LogP contribution is 2.39. The Balaban J connectivity index is 1.65. The Labute approximate surface area is 171 Å². The fourth-order valence-electron chi connectivity index (χ4n) is 3.53. The molecule has 0 saturated carbocycles. The third-order valence-corrected chi connectivity index (χ3v) is 6.32. The van der Waals surface area contributed by atoms with Crippen LogP contribution in [0.5, 0.6) is 0 Å². The second kappa shape index (κ2) is 8.48. The van der Waals surface area contributed by atoms with Crippen molar-refractivity contribution in [1.29, 1.82) is 0 Å². The van der Waals surface area contributed by atoms with Crippen LogP contribution in [0.4, 0.5) is 5.00 Å². The summed E-state index contributed by atoms with van der Waals surface area (Å²) < 4.78 is 5.22. The molecular weight excluding hydrogens is 370 g/mol. The van der Waals surface area contributed by atoms with Crippen LogP contribution in [0.3, 0.4) is 0 Å². The molecule has 0 spiro atoms. The van der Waals surface area contributed by atoms with E-state index >= 15 is 0 Å². The van der Waals surface area contributed by atoms with Crippen molar-refractivity contribution in [2.75, 3.05) is 11.9 Å². The molecule has 1 aromatic carbocycles. The zero-order chi connectivity index (χ0) is 20.3. The number of benzene rings is 1. The standard InChI is InChI=1S/C23H29NO3S/c1-5-27-22(26)20-17-7-6-8-18(17)28-21(20)24-19(25)14-11-15-9-12-16(13-10-15)23(2,3)4/h9-10,12-13H,5-8,11,14H2,1-4H3,(H,24,25). The van der Waals surface area contributed by atoms with Gasteiger partial charge in [-0.1, -0.05) is 45.0 Å². The predicted molar refractivity (Wildman–Crippen MR) is 114 cm³/mol. The largest absolute Gasteiger partial charge is 0.462 e. The Bertz CT molecular complexity index is 859. The summed E-state index contributed by atoms with van der Waals surface area (Å²) in [6, 6.07) is 8.46. The van der Waals surface area contributed by atoms with Crippen molar-refractivity contribution in [2.45, 2.75) is 65.2 Å². The molecule has 0 saturated heterocycles. The number of rotatable bonds is 6. The lowest BCUT2D eigenvalue weighted by molar-refractivity contribution is -0.116. The molecule has 0 aliphatic heterocycles. The highest BCUT2D eigenvalue weighted by molar-refractivity contribution is 7.17. The second-order valence-corrected chi connectivity index (χ2v) is 9.38. The maximum atomic E-state index is 12.5. The fraction of sp³-hybridized carbons (Fsp3) is 0.478. The van der Waals surface area contributed by atoms with Crippen LogP contribution in [0.15, 0.2) is 24.3 Å². The highest BCUT2D eigenvalue weighted by atomic mass is 32.1. The summed E-state index contributed by atoms with van der Waals surface area (Å²) in [5.74, 6) is -0.389. The molecule has 3 rings (SSSR count). The van der Waals surface area contributed by atoms with Crippen LogP contribution in [-0.2, 0) is 34.2 Å². The van der Waals surface area contributed by atoms with E-state index in [-0.39, 0.29) is 17.3 Å². The molecule has 0 atom stereocenters. The summed E-state index contributed by atoms with van der Waals surface area (Å²) in [5, 5.41) is 3.61. The predicted octanol–water partition coefficient (Wildman–Crippen LogP) is 5.28. The first kappa shape index (κ1) is 20.6. The number of nitrogens with one attached hydrogen (secondary N) is 1. The lowest BCUT2D eigenvalue weighted by atomic mass is 9.86. The fourth-order valence-corrected chi connectivity index (χ4v) is 4.82. The van der Waals surface area contributed by atoms with Gasteiger partial charge in [0.1, 0.15) is 5.00 Å². The van der Waals surface area contributed by atoms with Crippen molar-refractivity contribution in [3.8, 4) is 0 Å². The van der Waals surface area contributed by atoms with Gasteiger partial charge in [0.25, 0.3) is 0 Å². The first-order chi connectivity index (χ1) is 13.3. The van der Waals surface area contributed by atoms with E-state index in [4.69, 9.17) is 4.74 Å². The number of aryl methyl sites for hydroxylation is 2. The third-order valence-electron chi connectivity index (χ3n) is 5.11. The summed E-state index contributed by atoms with van der Waals surface area (Å²) in [7, 11) is 0. The van der Waals surface area contributed by atoms with Gasteiger partial charge in [0.2, 0.25) is 5.91 Å². The highest BCUT2D eigenvalue weighted by Gasteiger charge is 2.28. The average Bonchev–Trinajstić information content (AvgIpc) is 3.20. The average molecular weight is 400 g/mol. The Morgan fingerprint density at radius 3 is 2.50 bits per heavy atom. The van der Waals surface area contributed by atoms with Crippen molar-refractivity contribution in [3.05, 3.63) is 51.4 Å². The van der Waals surface area contributed by atoms with Gasteiger partial charge in [-0.15, -0.1) is 11.3 Å². The van der Waals surface area contributed by atoms with E-state index < -0.39 is 0 Å². The first-order valence-corrected chi connectivity index (χ1v) is 10.8. The third kappa shape index (κ3) is 4.64. The minimum absolute atomic E-state index is 0.0645. The molecule has 1 amide bonds. The van der Waals surface area contributed by atoms with Crippen LogP contribution in [0.25, 0.3) is 0 Å². The number of thiophene rings is 1. The number of hydrogen-bond acceptors (Lipinski definition) is 4. The van der Waals surface area contributed by atoms with Crippen LogP contribution in [0.2, 0.25) is 0 Å². The Kier molecular flexibility index (Phi) is 6.23. The lowest BCUT2D eigenvalue weighted by Gasteiger charge is -2.19. The van der Waals surface area contributed by atoms with Gasteiger partial charge >= 0.3 is 5.97 Å². The van der Waals surface area contributed by atoms with Gasteiger partial charge in [-0.2, -0.15) is 0 Å². The quantitative estimate of drug-likeness (QED) is 0.672. The SMILES string of the molecule is CCOC(=O)c1c(NC(=O)CCc2ccc(C(C)(C)C)cc2)sc2c1CCC2. The Morgan fingerprint density at radius 2 is 1.86 bits per heavy atom. The minimum Gasteiger partial charge on any atom is -0.462 e. The van der Waals surface area contributed by atoms with Crippen LogP contribution in [0, 0.1) is 0 Å². The number of amides is 1. The van der Waals surface area contributed by atoms with Crippen molar-refractivity contribution in [2.24, 2.45) is 0 Å². The van der Waals surface area contributed by atoms with Gasteiger partial charge in [-0.05, 0) is 54.7 Å². The van der Waals surface area contributed by atoms with E-state index in [9.17, 15) is 9.59 Å². The molecule has 4 nitrogen and oxygen atoms in total. The molecule has 0 bridgehead atoms. The molecule has 28 heavy (non-hydrogen) atoms. The summed E-state index contributed by atoms with van der Waals surface area (Å²) in [6.07, 6.45) is 3.99. The molecule has 0 unspecified atom stereocenters. The first-order valence-electron chi connectivity index (χ1n) is 10.0. The Morgan fingerprint density at radius 1 is 1.14 bits per heavy atom. The van der Waals surface area contributed by atoms with E-state index in [1.165, 1.54) is 21.8 Å². The van der Waals surface area contributed by atoms with E-state index in [1.54, 1.807) is 6.92 Å². The van der Waals surface area contributed by atoms with E-state index in [2.05, 4.69) is 50.4 Å². The van der Waals surface area contributed by atoms with Crippen LogP contribution >= 0.6 is 11.3 Å². The number of ether oxygens (including phenoxy) is 1. The number of anilines is 1. The van der Waals surface area contributed by atoms with Crippen LogP contribution < -0.4 is 5.32 Å². The van der Waals surface area contributed by atoms with Crippen LogP contribution in [0.1, 0.15) is 72.5 Å². The van der Waals surface area contributed by atoms with E-state index in [0.717, 1.165) is 30.4 Å². The van der Waals surface area contributed by atoms with Crippen molar-refractivity contribution in [3.63, 3.8) is 0 Å². The number of carbonyl (C=O) groups excluding carboxylic acids is 2. The number of hydrogen-bond donors (Lipinski definition) is 1. The topological polar surface area (TPSA) is 55.4 Å². The zero-order valence-electron chi connectivity index (χ0n) is 17.2. The summed E-state index contributed by atoms with van der Waals surface area (Å²) in [6.45, 7) is 8.70. The molecule has 1 aliphatic carbocycles. The molecular formula is C23H29NO3S. The summed E-state index contributed by atoms with van der Waals surface area (Å²) >= 11 is 1.52. The summed E-state index contributed by atoms with van der Waals surface area (Å²) in [4.78, 5) is 26.1. The maximum Gasteiger partial charge on any atom is 0.341 e. The van der Waals surface area contributed by atoms with Crippen molar-refractivity contribution in [1.82, 2.24) is 0 Å². The molecule has 2 aromatic rings. The number of esters is 1. The molecule has 0 radical (unpaired) electrons. The maximum absolute atomic E-state index is 12.5. The molecule has 1 N–H and O–H groups in total. The second-order valence-electron chi connectivity index (χ2n) is 8.28. The van der Waals surface area contributed by atoms with Gasteiger partial charge < -0.3 is 10.1 Å². The molecule has 1 heterocycles. The molecule has 0 fully saturated rings. The van der Waals surface area contributed by atoms with Crippen LogP contribution in [-0.4, -0.2) is 18.5 Å². The van der Waals surface area contributed by atoms with E-state index in [1.807, 2.05) is 0 Å². The molecule has 5 heteroatoms. The van der Waals surface area contributed by atoms with Crippen molar-refractivity contribution < 1.29 is 14.3 Å². The number of carbonyl (C=O) groups is 2. The van der Waals surface area contributed by atoms with Gasteiger partial charge in [-0.25, -0.2) is 4.79 Å². The van der Waals surface area contributed by atoms with Gasteiger partial charge in [0.15, 0.2) is 0 Å². The van der Waals surface area contributed by atoms with Gasteiger partial charge in [0.05, 0.1) is 12.2 Å². The minimum atomic E-state index is -0.324. The Hall–Kier alpha value is -2.14. The number of fused-ring (bicyclic) bond motifs is 1. The van der Waals surface area contributed by atoms with Gasteiger partial charge in [-0.3, -0.25) is 4.79 Å². The lowest BCUT2D eigenvalue weighted by Crippen LogP contribution is -2.15. The zero-order valence-corrected chi connectivity index (χ0v) is 18.0. The monoisotopic (exact) mass is 399 g/mol. The normalized spacial score (nSPS) is 13.3.